The monoisotopic (exact) mass is 373 g/mol. The fraction of sp³-hybridized carbons (Fsp3) is 0.368. The quantitative estimate of drug-likeness (QED) is 0.894. The highest BCUT2D eigenvalue weighted by Gasteiger charge is 2.33. The van der Waals surface area contributed by atoms with E-state index in [1.165, 1.54) is 4.31 Å². The third kappa shape index (κ3) is 4.11. The van der Waals surface area contributed by atoms with Crippen LogP contribution in [0.3, 0.4) is 0 Å². The van der Waals surface area contributed by atoms with Crippen LogP contribution in [0.4, 0.5) is 5.82 Å². The van der Waals surface area contributed by atoms with Crippen LogP contribution in [0.15, 0.2) is 47.5 Å². The molecule has 1 aliphatic rings. The number of hydrogen-bond acceptors (Lipinski definition) is 4. The summed E-state index contributed by atoms with van der Waals surface area (Å²) in [6.07, 6.45) is 2.96. The van der Waals surface area contributed by atoms with Crippen LogP contribution in [0.5, 0.6) is 0 Å². The number of benzene rings is 1. The maximum Gasteiger partial charge on any atom is 0.243 e. The van der Waals surface area contributed by atoms with Crippen LogP contribution in [-0.2, 0) is 14.8 Å². The molecule has 6 nitrogen and oxygen atoms in total. The Morgan fingerprint density at radius 2 is 1.88 bits per heavy atom. The Balaban J connectivity index is 1.72. The van der Waals surface area contributed by atoms with Gasteiger partial charge in [0.1, 0.15) is 5.82 Å². The van der Waals surface area contributed by atoms with E-state index in [2.05, 4.69) is 10.3 Å². The fourth-order valence-electron chi connectivity index (χ4n) is 3.07. The maximum absolute atomic E-state index is 12.9. The number of aryl methyl sites for hydroxylation is 2. The first-order chi connectivity index (χ1) is 12.4. The summed E-state index contributed by atoms with van der Waals surface area (Å²) in [7, 11) is -3.59. The maximum atomic E-state index is 12.9. The summed E-state index contributed by atoms with van der Waals surface area (Å²) in [4.78, 5) is 17.0. The molecule has 0 saturated carbocycles. The van der Waals surface area contributed by atoms with Gasteiger partial charge in [0, 0.05) is 19.3 Å². The van der Waals surface area contributed by atoms with Crippen molar-refractivity contribution in [1.29, 1.82) is 0 Å². The number of nitrogens with one attached hydrogen (secondary N) is 1. The molecule has 2 aromatic rings. The number of amides is 1. The Morgan fingerprint density at radius 3 is 2.58 bits per heavy atom. The van der Waals surface area contributed by atoms with Gasteiger partial charge in [-0.3, -0.25) is 4.79 Å². The second-order valence-electron chi connectivity index (χ2n) is 6.72. The molecule has 26 heavy (non-hydrogen) atoms. The minimum atomic E-state index is -3.59. The Kier molecular flexibility index (Phi) is 5.38. The van der Waals surface area contributed by atoms with Crippen molar-refractivity contribution in [2.45, 2.75) is 31.6 Å². The van der Waals surface area contributed by atoms with Crippen LogP contribution in [0.2, 0.25) is 0 Å². The van der Waals surface area contributed by atoms with Gasteiger partial charge in [0.2, 0.25) is 15.9 Å². The van der Waals surface area contributed by atoms with Gasteiger partial charge in [-0.15, -0.1) is 0 Å². The molecule has 1 aromatic carbocycles. The fourth-order valence-corrected chi connectivity index (χ4v) is 4.59. The van der Waals surface area contributed by atoms with Crippen molar-refractivity contribution in [1.82, 2.24) is 9.29 Å². The van der Waals surface area contributed by atoms with Crippen molar-refractivity contribution < 1.29 is 13.2 Å². The van der Waals surface area contributed by atoms with E-state index in [0.29, 0.717) is 25.2 Å². The van der Waals surface area contributed by atoms with Crippen molar-refractivity contribution in [3.05, 3.63) is 53.7 Å². The van der Waals surface area contributed by atoms with Crippen LogP contribution < -0.4 is 5.32 Å². The average molecular weight is 373 g/mol. The van der Waals surface area contributed by atoms with E-state index in [0.717, 1.165) is 11.1 Å². The topological polar surface area (TPSA) is 79.4 Å². The molecule has 7 heteroatoms. The number of nitrogens with zero attached hydrogens (tertiary/aromatic N) is 2. The molecule has 138 valence electrons. The lowest BCUT2D eigenvalue weighted by Gasteiger charge is -2.31. The van der Waals surface area contributed by atoms with Gasteiger partial charge in [-0.1, -0.05) is 17.7 Å². The van der Waals surface area contributed by atoms with Crippen molar-refractivity contribution in [2.75, 3.05) is 18.4 Å². The predicted molar refractivity (Wildman–Crippen MR) is 100 cm³/mol. The van der Waals surface area contributed by atoms with Crippen LogP contribution >= 0.6 is 0 Å². The second kappa shape index (κ2) is 7.55. The number of carbonyl (C=O) groups excluding carboxylic acids is 1. The lowest BCUT2D eigenvalue weighted by atomic mass is 9.99. The molecular weight excluding hydrogens is 350 g/mol. The lowest BCUT2D eigenvalue weighted by molar-refractivity contribution is -0.120. The molecule has 0 spiro atoms. The zero-order chi connectivity index (χ0) is 18.7. The molecule has 1 amide bonds. The smallest absolute Gasteiger partial charge is 0.243 e. The second-order valence-corrected chi connectivity index (χ2v) is 8.66. The number of rotatable bonds is 4. The largest absolute Gasteiger partial charge is 0.310 e. The van der Waals surface area contributed by atoms with Gasteiger partial charge in [-0.05, 0) is 56.5 Å². The van der Waals surface area contributed by atoms with Gasteiger partial charge in [0.05, 0.1) is 10.8 Å². The average Bonchev–Trinajstić information content (AvgIpc) is 2.62. The molecule has 0 radical (unpaired) electrons. The molecule has 1 aliphatic heterocycles. The molecule has 3 rings (SSSR count). The molecule has 2 heterocycles. The summed E-state index contributed by atoms with van der Waals surface area (Å²) in [5.41, 5.74) is 2.01. The number of sulfonamides is 1. The summed E-state index contributed by atoms with van der Waals surface area (Å²) in [5.74, 6) is -0.0771. The Labute approximate surface area is 154 Å². The zero-order valence-electron chi connectivity index (χ0n) is 15.0. The van der Waals surface area contributed by atoms with Crippen LogP contribution in [-0.4, -0.2) is 36.7 Å². The summed E-state index contributed by atoms with van der Waals surface area (Å²) in [6.45, 7) is 4.46. The van der Waals surface area contributed by atoms with Crippen LogP contribution in [0.1, 0.15) is 24.0 Å². The molecule has 1 fully saturated rings. The van der Waals surface area contributed by atoms with Crippen molar-refractivity contribution in [3.63, 3.8) is 0 Å². The van der Waals surface area contributed by atoms with Crippen molar-refractivity contribution in [3.8, 4) is 0 Å². The molecule has 1 saturated heterocycles. The third-order valence-electron chi connectivity index (χ3n) is 4.58. The van der Waals surface area contributed by atoms with Crippen molar-refractivity contribution >= 4 is 21.7 Å². The highest BCUT2D eigenvalue weighted by Crippen LogP contribution is 2.25. The number of anilines is 1. The number of aromatic nitrogens is 1. The number of hydrogen-bond donors (Lipinski definition) is 1. The summed E-state index contributed by atoms with van der Waals surface area (Å²) in [5, 5.41) is 2.80. The SMILES string of the molecule is Cc1ccc(S(=O)(=O)N2CCCC(C(=O)Nc3cc(C)ccn3)C2)cc1. The third-order valence-corrected chi connectivity index (χ3v) is 6.46. The predicted octanol–water partition coefficient (Wildman–Crippen LogP) is 2.74. The van der Waals surface area contributed by atoms with E-state index in [1.54, 1.807) is 36.5 Å². The Hall–Kier alpha value is -2.25. The number of carbonyl (C=O) groups is 1. The van der Waals surface area contributed by atoms with E-state index in [9.17, 15) is 13.2 Å². The first-order valence-electron chi connectivity index (χ1n) is 8.66. The summed E-state index contributed by atoms with van der Waals surface area (Å²) < 4.78 is 27.1. The highest BCUT2D eigenvalue weighted by atomic mass is 32.2. The van der Waals surface area contributed by atoms with E-state index < -0.39 is 10.0 Å². The van der Waals surface area contributed by atoms with Gasteiger partial charge in [0.15, 0.2) is 0 Å². The first kappa shape index (κ1) is 18.5. The summed E-state index contributed by atoms with van der Waals surface area (Å²) >= 11 is 0. The van der Waals surface area contributed by atoms with E-state index in [-0.39, 0.29) is 23.3 Å². The van der Waals surface area contributed by atoms with Gasteiger partial charge < -0.3 is 5.32 Å². The standard InChI is InChI=1S/C19H23N3O3S/c1-14-5-7-17(8-6-14)26(24,25)22-11-3-4-16(13-22)19(23)21-18-12-15(2)9-10-20-18/h5-10,12,16H,3-4,11,13H2,1-2H3,(H,20,21,23). The molecule has 0 aliphatic carbocycles. The van der Waals surface area contributed by atoms with E-state index in [1.807, 2.05) is 19.9 Å². The first-order valence-corrected chi connectivity index (χ1v) is 10.1. The number of piperidine rings is 1. The molecular formula is C19H23N3O3S. The van der Waals surface area contributed by atoms with Gasteiger partial charge >= 0.3 is 0 Å². The minimum Gasteiger partial charge on any atom is -0.310 e. The van der Waals surface area contributed by atoms with E-state index in [4.69, 9.17) is 0 Å². The minimum absolute atomic E-state index is 0.188. The molecule has 1 atom stereocenters. The molecule has 1 aromatic heterocycles. The normalized spacial score (nSPS) is 18.5. The zero-order valence-corrected chi connectivity index (χ0v) is 15.8. The molecule has 1 unspecified atom stereocenters. The van der Waals surface area contributed by atoms with Crippen LogP contribution in [0, 0.1) is 19.8 Å². The van der Waals surface area contributed by atoms with Gasteiger partial charge in [-0.2, -0.15) is 4.31 Å². The van der Waals surface area contributed by atoms with Crippen molar-refractivity contribution in [2.24, 2.45) is 5.92 Å². The Bertz CT molecular complexity index is 895. The van der Waals surface area contributed by atoms with Gasteiger partial charge in [-0.25, -0.2) is 13.4 Å². The lowest BCUT2D eigenvalue weighted by Crippen LogP contribution is -2.43. The molecule has 1 N–H and O–H groups in total. The van der Waals surface area contributed by atoms with Gasteiger partial charge in [0.25, 0.3) is 0 Å². The highest BCUT2D eigenvalue weighted by molar-refractivity contribution is 7.89. The number of pyridine rings is 1. The molecule has 0 bridgehead atoms. The Morgan fingerprint density at radius 1 is 1.15 bits per heavy atom. The summed E-state index contributed by atoms with van der Waals surface area (Å²) in [6, 6.07) is 10.4. The van der Waals surface area contributed by atoms with E-state index >= 15 is 0 Å². The van der Waals surface area contributed by atoms with Crippen LogP contribution in [0.25, 0.3) is 0 Å².